The quantitative estimate of drug-likeness (QED) is 0.803. The van der Waals surface area contributed by atoms with Crippen molar-refractivity contribution < 1.29 is 14.6 Å². The first kappa shape index (κ1) is 12.7. The molecule has 0 aliphatic carbocycles. The fourth-order valence-electron chi connectivity index (χ4n) is 1.49. The number of nitrogens with one attached hydrogen (secondary N) is 1. The molecule has 2 N–H and O–H groups in total. The zero-order valence-corrected chi connectivity index (χ0v) is 10.1. The fraction of sp³-hybridized carbons (Fsp3) is 0. The summed E-state index contributed by atoms with van der Waals surface area (Å²) in [6.07, 6.45) is 2.38. The maximum atomic E-state index is 10.4. The maximum Gasteiger partial charge on any atom is 0.329 e. The predicted octanol–water partition coefficient (Wildman–Crippen LogP) is 3.49. The van der Waals surface area contributed by atoms with Crippen LogP contribution in [0.2, 0.25) is 0 Å². The van der Waals surface area contributed by atoms with Crippen molar-refractivity contribution in [2.45, 2.75) is 0 Å². The molecule has 0 unspecified atom stereocenters. The molecular formula is C15H13NO3. The van der Waals surface area contributed by atoms with Gasteiger partial charge in [-0.15, -0.1) is 0 Å². The Hall–Kier alpha value is -2.75. The van der Waals surface area contributed by atoms with Gasteiger partial charge in [0.15, 0.2) is 5.75 Å². The van der Waals surface area contributed by atoms with Crippen molar-refractivity contribution in [3.05, 3.63) is 66.9 Å². The van der Waals surface area contributed by atoms with E-state index in [1.807, 2.05) is 54.6 Å². The predicted molar refractivity (Wildman–Crippen MR) is 73.4 cm³/mol. The van der Waals surface area contributed by atoms with Gasteiger partial charge in [0.05, 0.1) is 5.69 Å². The van der Waals surface area contributed by atoms with Gasteiger partial charge in [-0.3, -0.25) is 0 Å². The Kier molecular flexibility index (Phi) is 4.18. The summed E-state index contributed by atoms with van der Waals surface area (Å²) in [4.78, 5) is 10.4. The number of aliphatic carboxylic acids is 1. The van der Waals surface area contributed by atoms with Gasteiger partial charge in [0.2, 0.25) is 0 Å². The molecule has 0 saturated heterocycles. The van der Waals surface area contributed by atoms with Gasteiger partial charge in [0.25, 0.3) is 0 Å². The molecule has 0 atom stereocenters. The lowest BCUT2D eigenvalue weighted by Crippen LogP contribution is -1.94. The van der Waals surface area contributed by atoms with Gasteiger partial charge in [0.1, 0.15) is 5.75 Å². The average molecular weight is 255 g/mol. The Morgan fingerprint density at radius 1 is 1.05 bits per heavy atom. The molecule has 96 valence electrons. The van der Waals surface area contributed by atoms with Crippen LogP contribution in [0.4, 0.5) is 5.69 Å². The summed E-state index contributed by atoms with van der Waals surface area (Å²) in [5.41, 5.74) is 0.698. The molecule has 0 saturated carbocycles. The third kappa shape index (κ3) is 3.89. The van der Waals surface area contributed by atoms with Crippen LogP contribution in [0.5, 0.6) is 11.5 Å². The number of hydrogen-bond donors (Lipinski definition) is 2. The van der Waals surface area contributed by atoms with Crippen molar-refractivity contribution in [3.63, 3.8) is 0 Å². The highest BCUT2D eigenvalue weighted by Crippen LogP contribution is 2.28. The number of para-hydroxylation sites is 3. The molecule has 4 nitrogen and oxygen atoms in total. The van der Waals surface area contributed by atoms with E-state index in [9.17, 15) is 4.79 Å². The first-order valence-electron chi connectivity index (χ1n) is 5.73. The van der Waals surface area contributed by atoms with E-state index in [0.29, 0.717) is 11.4 Å². The van der Waals surface area contributed by atoms with Crippen molar-refractivity contribution in [3.8, 4) is 11.5 Å². The Morgan fingerprint density at radius 2 is 1.74 bits per heavy atom. The lowest BCUT2D eigenvalue weighted by Gasteiger charge is -2.10. The van der Waals surface area contributed by atoms with Crippen LogP contribution in [0.1, 0.15) is 0 Å². The molecule has 2 rings (SSSR count). The number of carboxylic acids is 1. The zero-order valence-electron chi connectivity index (χ0n) is 10.1. The SMILES string of the molecule is O=C(O)C=CNc1ccccc1Oc1ccccc1. The standard InChI is InChI=1S/C15H13NO3/c17-15(18)10-11-16-13-8-4-5-9-14(13)19-12-6-2-1-3-7-12/h1-11,16H,(H,17,18). The minimum Gasteiger partial charge on any atom is -0.478 e. The first-order valence-corrected chi connectivity index (χ1v) is 5.73. The Labute approximate surface area is 111 Å². The van der Waals surface area contributed by atoms with Crippen LogP contribution in [0.3, 0.4) is 0 Å². The summed E-state index contributed by atoms with van der Waals surface area (Å²) in [6.45, 7) is 0. The molecule has 2 aromatic carbocycles. The molecule has 2 aromatic rings. The second kappa shape index (κ2) is 6.26. The van der Waals surface area contributed by atoms with E-state index in [1.54, 1.807) is 0 Å². The van der Waals surface area contributed by atoms with Crippen molar-refractivity contribution in [1.82, 2.24) is 0 Å². The highest BCUT2D eigenvalue weighted by Gasteiger charge is 2.02. The minimum absolute atomic E-state index is 0.628. The Balaban J connectivity index is 2.14. The van der Waals surface area contributed by atoms with Gasteiger partial charge in [0, 0.05) is 12.3 Å². The number of carbonyl (C=O) groups is 1. The minimum atomic E-state index is -1.01. The number of hydrogen-bond acceptors (Lipinski definition) is 3. The molecule has 0 amide bonds. The number of anilines is 1. The number of carboxylic acid groups (broad SMARTS) is 1. The topological polar surface area (TPSA) is 58.6 Å². The van der Waals surface area contributed by atoms with E-state index < -0.39 is 5.97 Å². The molecule has 0 aliphatic rings. The van der Waals surface area contributed by atoms with E-state index in [-0.39, 0.29) is 0 Å². The summed E-state index contributed by atoms with van der Waals surface area (Å²) < 4.78 is 5.72. The number of rotatable bonds is 5. The highest BCUT2D eigenvalue weighted by atomic mass is 16.5. The first-order chi connectivity index (χ1) is 9.25. The van der Waals surface area contributed by atoms with Crippen LogP contribution in [-0.4, -0.2) is 11.1 Å². The zero-order chi connectivity index (χ0) is 13.5. The summed E-state index contributed by atoms with van der Waals surface area (Å²) in [6, 6.07) is 16.7. The van der Waals surface area contributed by atoms with Gasteiger partial charge in [-0.2, -0.15) is 0 Å². The van der Waals surface area contributed by atoms with E-state index in [0.717, 1.165) is 11.8 Å². The van der Waals surface area contributed by atoms with Crippen molar-refractivity contribution in [2.75, 3.05) is 5.32 Å². The maximum absolute atomic E-state index is 10.4. The Bertz CT molecular complexity index is 579. The van der Waals surface area contributed by atoms with Crippen LogP contribution in [0, 0.1) is 0 Å². The number of ether oxygens (including phenoxy) is 1. The molecule has 19 heavy (non-hydrogen) atoms. The lowest BCUT2D eigenvalue weighted by molar-refractivity contribution is -0.131. The van der Waals surface area contributed by atoms with Crippen LogP contribution in [-0.2, 0) is 4.79 Å². The fourth-order valence-corrected chi connectivity index (χ4v) is 1.49. The average Bonchev–Trinajstić information content (AvgIpc) is 2.41. The van der Waals surface area contributed by atoms with Crippen LogP contribution in [0.25, 0.3) is 0 Å². The summed E-state index contributed by atoms with van der Waals surface area (Å²) in [5, 5.41) is 11.4. The van der Waals surface area contributed by atoms with Crippen molar-refractivity contribution >= 4 is 11.7 Å². The molecule has 0 fully saturated rings. The third-order valence-electron chi connectivity index (χ3n) is 2.32. The summed E-state index contributed by atoms with van der Waals surface area (Å²) in [7, 11) is 0. The van der Waals surface area contributed by atoms with Gasteiger partial charge in [-0.05, 0) is 24.3 Å². The molecular weight excluding hydrogens is 242 g/mol. The normalized spacial score (nSPS) is 10.3. The van der Waals surface area contributed by atoms with E-state index >= 15 is 0 Å². The molecule has 0 aliphatic heterocycles. The van der Waals surface area contributed by atoms with Gasteiger partial charge >= 0.3 is 5.97 Å². The molecule has 0 aromatic heterocycles. The monoisotopic (exact) mass is 255 g/mol. The third-order valence-corrected chi connectivity index (χ3v) is 2.32. The number of benzene rings is 2. The highest BCUT2D eigenvalue weighted by molar-refractivity contribution is 5.80. The van der Waals surface area contributed by atoms with Crippen LogP contribution >= 0.6 is 0 Å². The van der Waals surface area contributed by atoms with Crippen molar-refractivity contribution in [1.29, 1.82) is 0 Å². The van der Waals surface area contributed by atoms with E-state index in [1.165, 1.54) is 6.20 Å². The summed E-state index contributed by atoms with van der Waals surface area (Å²) in [5.74, 6) is 0.344. The second-order valence-corrected chi connectivity index (χ2v) is 3.73. The van der Waals surface area contributed by atoms with Gasteiger partial charge < -0.3 is 15.2 Å². The lowest BCUT2D eigenvalue weighted by atomic mass is 10.3. The molecule has 0 radical (unpaired) electrons. The smallest absolute Gasteiger partial charge is 0.329 e. The van der Waals surface area contributed by atoms with Crippen molar-refractivity contribution in [2.24, 2.45) is 0 Å². The molecule has 0 heterocycles. The van der Waals surface area contributed by atoms with Crippen LogP contribution < -0.4 is 10.1 Å². The second-order valence-electron chi connectivity index (χ2n) is 3.73. The van der Waals surface area contributed by atoms with E-state index in [2.05, 4.69) is 5.32 Å². The molecule has 0 bridgehead atoms. The Morgan fingerprint density at radius 3 is 2.47 bits per heavy atom. The van der Waals surface area contributed by atoms with E-state index in [4.69, 9.17) is 9.84 Å². The van der Waals surface area contributed by atoms with Crippen LogP contribution in [0.15, 0.2) is 66.9 Å². The molecule has 4 heteroatoms. The van der Waals surface area contributed by atoms with Gasteiger partial charge in [-0.25, -0.2) is 4.79 Å². The molecule has 0 spiro atoms. The van der Waals surface area contributed by atoms with Gasteiger partial charge in [-0.1, -0.05) is 30.3 Å². The summed E-state index contributed by atoms with van der Waals surface area (Å²) >= 11 is 0. The largest absolute Gasteiger partial charge is 0.478 e.